The van der Waals surface area contributed by atoms with Crippen molar-refractivity contribution in [1.29, 1.82) is 0 Å². The molecule has 0 saturated heterocycles. The highest BCUT2D eigenvalue weighted by Gasteiger charge is 2.22. The summed E-state index contributed by atoms with van der Waals surface area (Å²) in [4.78, 5) is 30.0. The van der Waals surface area contributed by atoms with Gasteiger partial charge in [-0.3, -0.25) is 19.8 Å². The van der Waals surface area contributed by atoms with E-state index in [0.29, 0.717) is 31.1 Å². The Labute approximate surface area is 150 Å². The van der Waals surface area contributed by atoms with Gasteiger partial charge in [0, 0.05) is 6.20 Å². The molecule has 2 N–H and O–H groups in total. The average Bonchev–Trinajstić information content (AvgIpc) is 2.89. The van der Waals surface area contributed by atoms with Crippen LogP contribution in [0.5, 0.6) is 11.5 Å². The number of fused-ring (bicyclic) bond motifs is 1. The first-order valence-electron chi connectivity index (χ1n) is 8.07. The number of nitrogens with one attached hydrogen (secondary N) is 1. The first kappa shape index (κ1) is 17.7. The van der Waals surface area contributed by atoms with E-state index in [1.807, 2.05) is 24.3 Å². The zero-order valence-corrected chi connectivity index (χ0v) is 14.3. The monoisotopic (exact) mass is 357 g/mol. The SMILES string of the molecule is COc1ccc(CC(=O)N2CCOc3cc(C(=O)NO)cnc3C2)cc1. The summed E-state index contributed by atoms with van der Waals surface area (Å²) in [7, 11) is 1.59. The number of carbonyl (C=O) groups is 2. The molecule has 0 radical (unpaired) electrons. The Morgan fingerprint density at radius 1 is 1.35 bits per heavy atom. The Bertz CT molecular complexity index is 807. The maximum Gasteiger partial charge on any atom is 0.276 e. The molecule has 0 bridgehead atoms. The molecule has 2 heterocycles. The summed E-state index contributed by atoms with van der Waals surface area (Å²) in [5.41, 5.74) is 3.20. The van der Waals surface area contributed by atoms with Crippen LogP contribution in [0.15, 0.2) is 36.5 Å². The highest BCUT2D eigenvalue weighted by atomic mass is 16.5. The second-order valence-electron chi connectivity index (χ2n) is 5.80. The van der Waals surface area contributed by atoms with E-state index in [2.05, 4.69) is 4.98 Å². The van der Waals surface area contributed by atoms with Crippen LogP contribution in [0.1, 0.15) is 21.6 Å². The van der Waals surface area contributed by atoms with Crippen molar-refractivity contribution in [3.63, 3.8) is 0 Å². The van der Waals surface area contributed by atoms with Gasteiger partial charge >= 0.3 is 0 Å². The summed E-state index contributed by atoms with van der Waals surface area (Å²) >= 11 is 0. The van der Waals surface area contributed by atoms with Gasteiger partial charge in [0.1, 0.15) is 23.8 Å². The van der Waals surface area contributed by atoms with E-state index in [4.69, 9.17) is 14.7 Å². The minimum atomic E-state index is -0.666. The zero-order chi connectivity index (χ0) is 18.5. The molecule has 0 atom stereocenters. The van der Waals surface area contributed by atoms with Gasteiger partial charge in [0.2, 0.25) is 5.91 Å². The summed E-state index contributed by atoms with van der Waals surface area (Å²) in [6.45, 7) is 1.02. The van der Waals surface area contributed by atoms with Crippen LogP contribution in [0, 0.1) is 0 Å². The van der Waals surface area contributed by atoms with E-state index < -0.39 is 5.91 Å². The van der Waals surface area contributed by atoms with Crippen LogP contribution in [-0.4, -0.2) is 47.2 Å². The molecule has 26 heavy (non-hydrogen) atoms. The molecule has 1 aromatic carbocycles. The normalized spacial score (nSPS) is 13.2. The van der Waals surface area contributed by atoms with E-state index in [0.717, 1.165) is 11.3 Å². The second-order valence-corrected chi connectivity index (χ2v) is 5.80. The molecule has 2 amide bonds. The van der Waals surface area contributed by atoms with Gasteiger partial charge in [-0.2, -0.15) is 0 Å². The molecule has 0 saturated carbocycles. The summed E-state index contributed by atoms with van der Waals surface area (Å²) in [5, 5.41) is 8.71. The van der Waals surface area contributed by atoms with Gasteiger partial charge in [-0.25, -0.2) is 5.48 Å². The minimum absolute atomic E-state index is 0.0365. The van der Waals surface area contributed by atoms with Crippen molar-refractivity contribution in [2.24, 2.45) is 0 Å². The largest absolute Gasteiger partial charge is 0.497 e. The molecule has 8 heteroatoms. The number of nitrogens with zero attached hydrogens (tertiary/aromatic N) is 2. The Hall–Kier alpha value is -3.13. The summed E-state index contributed by atoms with van der Waals surface area (Å²) in [5.74, 6) is 0.474. The third kappa shape index (κ3) is 3.92. The molecule has 3 rings (SSSR count). The van der Waals surface area contributed by atoms with Crippen molar-refractivity contribution in [2.75, 3.05) is 20.3 Å². The first-order chi connectivity index (χ1) is 12.6. The van der Waals surface area contributed by atoms with Crippen LogP contribution in [0.2, 0.25) is 0 Å². The number of rotatable bonds is 4. The van der Waals surface area contributed by atoms with Gasteiger partial charge in [-0.15, -0.1) is 0 Å². The van der Waals surface area contributed by atoms with Crippen LogP contribution in [0.4, 0.5) is 0 Å². The molecule has 136 valence electrons. The number of pyridine rings is 1. The van der Waals surface area contributed by atoms with E-state index in [-0.39, 0.29) is 17.9 Å². The standard InChI is InChI=1S/C18H19N3O5/c1-25-14-4-2-12(3-5-14)8-17(22)21-6-7-26-16-9-13(18(23)20-24)10-19-15(16)11-21/h2-5,9-10,24H,6-8,11H2,1H3,(H,20,23). The number of carbonyl (C=O) groups excluding carboxylic acids is 2. The molecule has 8 nitrogen and oxygen atoms in total. The van der Waals surface area contributed by atoms with E-state index in [9.17, 15) is 9.59 Å². The predicted octanol–water partition coefficient (Wildman–Crippen LogP) is 1.17. The Kier molecular flexibility index (Phi) is 5.33. The quantitative estimate of drug-likeness (QED) is 0.629. The molecular weight excluding hydrogens is 338 g/mol. The number of amides is 2. The lowest BCUT2D eigenvalue weighted by molar-refractivity contribution is -0.131. The fourth-order valence-corrected chi connectivity index (χ4v) is 2.67. The third-order valence-electron chi connectivity index (χ3n) is 4.12. The molecule has 1 aromatic heterocycles. The molecule has 2 aromatic rings. The van der Waals surface area contributed by atoms with Crippen LogP contribution in [0.3, 0.4) is 0 Å². The molecule has 0 aliphatic carbocycles. The number of hydroxylamine groups is 1. The predicted molar refractivity (Wildman–Crippen MR) is 91.1 cm³/mol. The minimum Gasteiger partial charge on any atom is -0.497 e. The number of benzene rings is 1. The lowest BCUT2D eigenvalue weighted by Gasteiger charge is -2.19. The van der Waals surface area contributed by atoms with E-state index in [1.54, 1.807) is 17.5 Å². The molecule has 1 aliphatic rings. The molecule has 0 unspecified atom stereocenters. The zero-order valence-electron chi connectivity index (χ0n) is 14.3. The van der Waals surface area contributed by atoms with E-state index in [1.165, 1.54) is 12.3 Å². The smallest absolute Gasteiger partial charge is 0.276 e. The molecule has 0 spiro atoms. The third-order valence-corrected chi connectivity index (χ3v) is 4.12. The van der Waals surface area contributed by atoms with Gasteiger partial charge in [0.25, 0.3) is 5.91 Å². The lowest BCUT2D eigenvalue weighted by atomic mass is 10.1. The number of hydrogen-bond acceptors (Lipinski definition) is 6. The molecular formula is C18H19N3O5. The number of aromatic nitrogens is 1. The van der Waals surface area contributed by atoms with Crippen LogP contribution < -0.4 is 15.0 Å². The summed E-state index contributed by atoms with van der Waals surface area (Å²) < 4.78 is 10.7. The van der Waals surface area contributed by atoms with Gasteiger partial charge in [-0.1, -0.05) is 12.1 Å². The van der Waals surface area contributed by atoms with Gasteiger partial charge < -0.3 is 14.4 Å². The van der Waals surface area contributed by atoms with Gasteiger partial charge in [0.05, 0.1) is 32.2 Å². The molecule has 0 fully saturated rings. The highest BCUT2D eigenvalue weighted by Crippen LogP contribution is 2.23. The fourth-order valence-electron chi connectivity index (χ4n) is 2.67. The first-order valence-corrected chi connectivity index (χ1v) is 8.07. The highest BCUT2D eigenvalue weighted by molar-refractivity contribution is 5.93. The lowest BCUT2D eigenvalue weighted by Crippen LogP contribution is -2.33. The fraction of sp³-hybridized carbons (Fsp3) is 0.278. The van der Waals surface area contributed by atoms with Crippen molar-refractivity contribution in [1.82, 2.24) is 15.4 Å². The number of ether oxygens (including phenoxy) is 2. The van der Waals surface area contributed by atoms with Crippen molar-refractivity contribution in [3.8, 4) is 11.5 Å². The van der Waals surface area contributed by atoms with Crippen LogP contribution in [-0.2, 0) is 17.8 Å². The van der Waals surface area contributed by atoms with Crippen molar-refractivity contribution < 1.29 is 24.3 Å². The second kappa shape index (κ2) is 7.83. The number of methoxy groups -OCH3 is 1. The molecule has 1 aliphatic heterocycles. The van der Waals surface area contributed by atoms with Crippen molar-refractivity contribution in [2.45, 2.75) is 13.0 Å². The Balaban J connectivity index is 1.71. The maximum atomic E-state index is 12.6. The average molecular weight is 357 g/mol. The van der Waals surface area contributed by atoms with Gasteiger partial charge in [-0.05, 0) is 23.8 Å². The van der Waals surface area contributed by atoms with Crippen molar-refractivity contribution in [3.05, 3.63) is 53.3 Å². The number of hydrogen-bond donors (Lipinski definition) is 2. The van der Waals surface area contributed by atoms with Crippen LogP contribution >= 0.6 is 0 Å². The van der Waals surface area contributed by atoms with Crippen LogP contribution in [0.25, 0.3) is 0 Å². The van der Waals surface area contributed by atoms with Crippen molar-refractivity contribution >= 4 is 11.8 Å². The Morgan fingerprint density at radius 3 is 2.81 bits per heavy atom. The van der Waals surface area contributed by atoms with Gasteiger partial charge in [0.15, 0.2) is 0 Å². The maximum absolute atomic E-state index is 12.6. The Morgan fingerprint density at radius 2 is 2.12 bits per heavy atom. The van der Waals surface area contributed by atoms with E-state index >= 15 is 0 Å². The topological polar surface area (TPSA) is 101 Å². The summed E-state index contributed by atoms with van der Waals surface area (Å²) in [6, 6.07) is 8.86. The summed E-state index contributed by atoms with van der Waals surface area (Å²) in [6.07, 6.45) is 1.61.